The minimum Gasteiger partial charge on any atom is -0.376 e. The van der Waals surface area contributed by atoms with Crippen molar-refractivity contribution in [3.8, 4) is 0 Å². The highest BCUT2D eigenvalue weighted by Crippen LogP contribution is 2.48. The SMILES string of the molecule is B[C@@H]1O[C@H](COC(C)C)[C@@H](OP(=O)(O)OC(C)C)C1F. The van der Waals surface area contributed by atoms with Crippen LogP contribution >= 0.6 is 7.82 Å². The topological polar surface area (TPSA) is 74.2 Å². The summed E-state index contributed by atoms with van der Waals surface area (Å²) < 4.78 is 46.3. The van der Waals surface area contributed by atoms with E-state index in [2.05, 4.69) is 0 Å². The van der Waals surface area contributed by atoms with E-state index in [1.54, 1.807) is 21.7 Å². The van der Waals surface area contributed by atoms with Crippen LogP contribution in [0, 0.1) is 0 Å². The van der Waals surface area contributed by atoms with Crippen LogP contribution in [0.2, 0.25) is 0 Å². The van der Waals surface area contributed by atoms with Crippen LogP contribution in [0.3, 0.4) is 0 Å². The molecule has 0 aromatic carbocycles. The van der Waals surface area contributed by atoms with Gasteiger partial charge in [0.25, 0.3) is 0 Å². The fraction of sp³-hybridized carbons (Fsp3) is 1.00. The molecule has 0 radical (unpaired) electrons. The van der Waals surface area contributed by atoms with Gasteiger partial charge in [-0.05, 0) is 27.7 Å². The highest BCUT2D eigenvalue weighted by Gasteiger charge is 2.47. The fourth-order valence-corrected chi connectivity index (χ4v) is 3.04. The zero-order valence-electron chi connectivity index (χ0n) is 12.5. The van der Waals surface area contributed by atoms with Gasteiger partial charge in [-0.3, -0.25) is 9.05 Å². The standard InChI is InChI=1S/C11H23BFO6P/c1-6(2)16-5-8-10(9(13)11(12)17-8)19-20(14,15)18-7(3)4/h6-11H,5,12H2,1-4H3,(H,14,15)/t8-,9?,10-,11-/m1/s1. The fourth-order valence-electron chi connectivity index (χ4n) is 1.89. The molecule has 9 heteroatoms. The van der Waals surface area contributed by atoms with E-state index in [0.29, 0.717) is 0 Å². The van der Waals surface area contributed by atoms with Crippen molar-refractivity contribution in [3.05, 3.63) is 0 Å². The van der Waals surface area contributed by atoms with Crippen LogP contribution in [0.4, 0.5) is 4.39 Å². The molecular formula is C11H23BFO6P. The molecule has 20 heavy (non-hydrogen) atoms. The van der Waals surface area contributed by atoms with Crippen LogP contribution in [0.25, 0.3) is 0 Å². The molecule has 5 atom stereocenters. The van der Waals surface area contributed by atoms with Gasteiger partial charge in [-0.25, -0.2) is 8.96 Å². The van der Waals surface area contributed by atoms with Crippen molar-refractivity contribution in [2.24, 2.45) is 0 Å². The Morgan fingerprint density at radius 2 is 1.95 bits per heavy atom. The molecule has 1 aliphatic rings. The van der Waals surface area contributed by atoms with Gasteiger partial charge in [-0.2, -0.15) is 0 Å². The largest absolute Gasteiger partial charge is 0.472 e. The first-order valence-electron chi connectivity index (χ1n) is 6.73. The van der Waals surface area contributed by atoms with Crippen molar-refractivity contribution in [2.75, 3.05) is 6.61 Å². The van der Waals surface area contributed by atoms with Gasteiger partial charge >= 0.3 is 7.82 Å². The van der Waals surface area contributed by atoms with Gasteiger partial charge in [0, 0.05) is 0 Å². The summed E-state index contributed by atoms with van der Waals surface area (Å²) in [6.07, 6.45) is -3.99. The summed E-state index contributed by atoms with van der Waals surface area (Å²) in [5.41, 5.74) is 0. The van der Waals surface area contributed by atoms with E-state index in [0.717, 1.165) is 0 Å². The summed E-state index contributed by atoms with van der Waals surface area (Å²) in [4.78, 5) is 9.59. The Kier molecular flexibility index (Phi) is 6.63. The number of hydrogen-bond donors (Lipinski definition) is 1. The molecule has 1 heterocycles. The summed E-state index contributed by atoms with van der Waals surface area (Å²) in [5.74, 6) is 0. The van der Waals surface area contributed by atoms with E-state index in [4.69, 9.17) is 18.5 Å². The molecule has 0 spiro atoms. The van der Waals surface area contributed by atoms with Gasteiger partial charge in [0.2, 0.25) is 0 Å². The van der Waals surface area contributed by atoms with Gasteiger partial charge in [0.15, 0.2) is 0 Å². The van der Waals surface area contributed by atoms with Crippen molar-refractivity contribution >= 4 is 15.7 Å². The molecule has 0 aliphatic carbocycles. The zero-order valence-corrected chi connectivity index (χ0v) is 13.4. The smallest absolute Gasteiger partial charge is 0.376 e. The average molecular weight is 312 g/mol. The lowest BCUT2D eigenvalue weighted by Gasteiger charge is -2.23. The van der Waals surface area contributed by atoms with Crippen LogP contribution in [-0.2, 0) is 23.1 Å². The molecule has 1 aliphatic heterocycles. The van der Waals surface area contributed by atoms with Crippen LogP contribution in [0.5, 0.6) is 0 Å². The lowest BCUT2D eigenvalue weighted by Crippen LogP contribution is -2.35. The first-order valence-corrected chi connectivity index (χ1v) is 8.22. The Balaban J connectivity index is 2.69. The minimum absolute atomic E-state index is 0.0546. The molecule has 6 nitrogen and oxygen atoms in total. The van der Waals surface area contributed by atoms with Crippen molar-refractivity contribution in [2.45, 2.75) is 64.3 Å². The average Bonchev–Trinajstić information content (AvgIpc) is 2.52. The number of hydrogen-bond acceptors (Lipinski definition) is 5. The summed E-state index contributed by atoms with van der Waals surface area (Å²) in [5, 5.41) is 0. The normalized spacial score (nSPS) is 33.8. The second-order valence-corrected chi connectivity index (χ2v) is 6.76. The van der Waals surface area contributed by atoms with Crippen LogP contribution < -0.4 is 0 Å². The van der Waals surface area contributed by atoms with E-state index in [1.807, 2.05) is 13.8 Å². The first kappa shape index (κ1) is 18.1. The Morgan fingerprint density at radius 1 is 1.35 bits per heavy atom. The van der Waals surface area contributed by atoms with Gasteiger partial charge in [-0.1, -0.05) is 0 Å². The molecular weight excluding hydrogens is 289 g/mol. The molecule has 2 unspecified atom stereocenters. The van der Waals surface area contributed by atoms with Gasteiger partial charge in [0.1, 0.15) is 26.2 Å². The van der Waals surface area contributed by atoms with E-state index in [1.165, 1.54) is 0 Å². The number of halogens is 1. The van der Waals surface area contributed by atoms with Gasteiger partial charge in [0.05, 0.1) is 24.8 Å². The van der Waals surface area contributed by atoms with Gasteiger partial charge in [-0.15, -0.1) is 0 Å². The predicted molar refractivity (Wildman–Crippen MR) is 74.1 cm³/mol. The van der Waals surface area contributed by atoms with E-state index >= 15 is 0 Å². The van der Waals surface area contributed by atoms with E-state index in [9.17, 15) is 13.8 Å². The third-order valence-corrected chi connectivity index (χ3v) is 3.91. The monoisotopic (exact) mass is 312 g/mol. The summed E-state index contributed by atoms with van der Waals surface area (Å²) >= 11 is 0. The van der Waals surface area contributed by atoms with Crippen LogP contribution in [-0.4, -0.2) is 55.9 Å². The summed E-state index contributed by atoms with van der Waals surface area (Å²) in [7, 11) is -2.78. The predicted octanol–water partition coefficient (Wildman–Crippen LogP) is 1.02. The molecule has 0 aromatic heterocycles. The maximum Gasteiger partial charge on any atom is 0.472 e. The third kappa shape index (κ3) is 5.43. The Morgan fingerprint density at radius 3 is 2.45 bits per heavy atom. The molecule has 118 valence electrons. The summed E-state index contributed by atoms with van der Waals surface area (Å²) in [6.45, 7) is 6.94. The molecule has 1 N–H and O–H groups in total. The molecule has 1 saturated heterocycles. The van der Waals surface area contributed by atoms with Gasteiger partial charge < -0.3 is 14.4 Å². The lowest BCUT2D eigenvalue weighted by molar-refractivity contribution is -0.0493. The Labute approximate surface area is 119 Å². The zero-order chi connectivity index (χ0) is 15.5. The number of ether oxygens (including phenoxy) is 2. The molecule has 1 rings (SSSR count). The third-order valence-electron chi connectivity index (χ3n) is 2.71. The molecule has 0 amide bonds. The maximum absolute atomic E-state index is 14.0. The van der Waals surface area contributed by atoms with Crippen molar-refractivity contribution in [1.29, 1.82) is 0 Å². The van der Waals surface area contributed by atoms with Crippen LogP contribution in [0.15, 0.2) is 0 Å². The molecule has 0 aromatic rings. The van der Waals surface area contributed by atoms with Crippen molar-refractivity contribution < 1.29 is 32.4 Å². The highest BCUT2D eigenvalue weighted by molar-refractivity contribution is 7.47. The van der Waals surface area contributed by atoms with Crippen molar-refractivity contribution in [1.82, 2.24) is 0 Å². The highest BCUT2D eigenvalue weighted by atomic mass is 31.2. The molecule has 0 saturated carbocycles. The Hall–Kier alpha value is 0.0249. The second kappa shape index (κ2) is 7.34. The maximum atomic E-state index is 14.0. The minimum atomic E-state index is -4.32. The van der Waals surface area contributed by atoms with Crippen molar-refractivity contribution in [3.63, 3.8) is 0 Å². The number of phosphoric ester groups is 1. The Bertz CT molecular complexity index is 356. The van der Waals surface area contributed by atoms with Crippen LogP contribution in [0.1, 0.15) is 27.7 Å². The van der Waals surface area contributed by atoms with E-state index in [-0.39, 0.29) is 12.7 Å². The lowest BCUT2D eigenvalue weighted by atomic mass is 9.94. The number of rotatable bonds is 7. The second-order valence-electron chi connectivity index (χ2n) is 5.40. The summed E-state index contributed by atoms with van der Waals surface area (Å²) in [6, 6.07) is -0.722. The number of phosphoric acid groups is 1. The molecule has 1 fully saturated rings. The number of alkyl halides is 1. The quantitative estimate of drug-likeness (QED) is 0.559. The van der Waals surface area contributed by atoms with E-state index < -0.39 is 38.3 Å². The first-order chi connectivity index (χ1) is 9.12. The molecule has 0 bridgehead atoms.